The van der Waals surface area contributed by atoms with Gasteiger partial charge in [-0.25, -0.2) is 9.97 Å². The first-order valence-corrected chi connectivity index (χ1v) is 14.2. The third-order valence-electron chi connectivity index (χ3n) is 9.43. The molecule has 190 valence electrons. The molecule has 0 spiro atoms. The number of nitrogens with zero attached hydrogens (tertiary/aromatic N) is 2. The fourth-order valence-corrected chi connectivity index (χ4v) is 6.90. The van der Waals surface area contributed by atoms with Crippen LogP contribution in [0.2, 0.25) is 0 Å². The van der Waals surface area contributed by atoms with Crippen molar-refractivity contribution in [1.82, 2.24) is 25.3 Å². The van der Waals surface area contributed by atoms with Crippen molar-refractivity contribution in [2.24, 2.45) is 17.8 Å². The second-order valence-electron chi connectivity index (χ2n) is 12.2. The second kappa shape index (κ2) is 8.44. The fourth-order valence-electron chi connectivity index (χ4n) is 6.90. The monoisotopic (exact) mass is 499 g/mol. The molecule has 5 heteroatoms. The third kappa shape index (κ3) is 3.99. The Hall–Kier alpha value is -3.62. The average molecular weight is 500 g/mol. The summed E-state index contributed by atoms with van der Waals surface area (Å²) in [5, 5.41) is 3.68. The number of benzene rings is 2. The van der Waals surface area contributed by atoms with Crippen molar-refractivity contribution in [2.45, 2.75) is 64.0 Å². The van der Waals surface area contributed by atoms with E-state index in [-0.39, 0.29) is 0 Å². The van der Waals surface area contributed by atoms with Gasteiger partial charge in [-0.05, 0) is 110 Å². The lowest BCUT2D eigenvalue weighted by molar-refractivity contribution is 0.543. The number of aromatic nitrogens is 4. The van der Waals surface area contributed by atoms with Crippen LogP contribution in [-0.2, 0) is 0 Å². The predicted molar refractivity (Wildman–Crippen MR) is 149 cm³/mol. The van der Waals surface area contributed by atoms with Gasteiger partial charge in [-0.15, -0.1) is 0 Å². The van der Waals surface area contributed by atoms with Gasteiger partial charge in [0.1, 0.15) is 11.6 Å². The zero-order valence-corrected chi connectivity index (χ0v) is 22.0. The number of fused-ring (bicyclic) bond motifs is 2. The molecule has 3 heterocycles. The standard InChI is InChI=1S/C33H33N5/c1-18-9-22(30-16-34-32(37-30)27-12-24-11-25(24)13-27)7-5-20(18)3-4-21-6-8-23(10-19(21)2)31-17-35-33(38-31)29-15-26-14-28(26)36-29/h5-10,16-17,24-29,36H,11-15H2,1-2H3,(H,34,37)(H,35,38)/t24-,25+,26-,27?,28-,29+/m1/s1. The van der Waals surface area contributed by atoms with E-state index in [0.29, 0.717) is 12.0 Å². The van der Waals surface area contributed by atoms with Crippen LogP contribution in [0.4, 0.5) is 0 Å². The number of imidazole rings is 2. The molecule has 8 rings (SSSR count). The molecule has 0 amide bonds. The van der Waals surface area contributed by atoms with Crippen molar-refractivity contribution < 1.29 is 0 Å². The molecule has 1 saturated heterocycles. The van der Waals surface area contributed by atoms with Gasteiger partial charge in [0.05, 0.1) is 29.8 Å². The molecule has 2 aromatic carbocycles. The predicted octanol–water partition coefficient (Wildman–Crippen LogP) is 6.42. The number of hydrogen-bond donors (Lipinski definition) is 3. The van der Waals surface area contributed by atoms with Crippen LogP contribution in [0.15, 0.2) is 48.8 Å². The molecule has 6 atom stereocenters. The summed E-state index contributed by atoms with van der Waals surface area (Å²) in [6.07, 6.45) is 10.6. The Balaban J connectivity index is 0.976. The van der Waals surface area contributed by atoms with E-state index in [9.17, 15) is 0 Å². The van der Waals surface area contributed by atoms with Crippen molar-refractivity contribution in [3.05, 3.63) is 82.7 Å². The Bertz CT molecular complexity index is 1480. The second-order valence-corrected chi connectivity index (χ2v) is 12.2. The summed E-state index contributed by atoms with van der Waals surface area (Å²) in [5.41, 5.74) is 9.00. The van der Waals surface area contributed by atoms with Gasteiger partial charge in [0.2, 0.25) is 0 Å². The molecule has 1 unspecified atom stereocenters. The molecule has 5 nitrogen and oxygen atoms in total. The Morgan fingerprint density at radius 1 is 0.684 bits per heavy atom. The molecule has 0 bridgehead atoms. The lowest BCUT2D eigenvalue weighted by atomic mass is 10.0. The van der Waals surface area contributed by atoms with Gasteiger partial charge < -0.3 is 15.3 Å². The number of rotatable bonds is 4. The molecule has 1 aliphatic heterocycles. The van der Waals surface area contributed by atoms with Crippen molar-refractivity contribution in [1.29, 1.82) is 0 Å². The first-order valence-electron chi connectivity index (χ1n) is 14.2. The van der Waals surface area contributed by atoms with Crippen LogP contribution in [0.5, 0.6) is 0 Å². The zero-order valence-electron chi connectivity index (χ0n) is 22.0. The van der Waals surface area contributed by atoms with E-state index < -0.39 is 0 Å². The summed E-state index contributed by atoms with van der Waals surface area (Å²) in [6.45, 7) is 4.28. The van der Waals surface area contributed by atoms with E-state index in [1.54, 1.807) is 0 Å². The molecule has 3 aliphatic carbocycles. The third-order valence-corrected chi connectivity index (χ3v) is 9.43. The van der Waals surface area contributed by atoms with Gasteiger partial charge in [-0.3, -0.25) is 0 Å². The zero-order chi connectivity index (χ0) is 25.4. The van der Waals surface area contributed by atoms with Crippen LogP contribution >= 0.6 is 0 Å². The molecular weight excluding hydrogens is 466 g/mol. The quantitative estimate of drug-likeness (QED) is 0.284. The summed E-state index contributed by atoms with van der Waals surface area (Å²) in [6, 6.07) is 14.1. The van der Waals surface area contributed by atoms with E-state index in [1.807, 2.05) is 12.4 Å². The van der Waals surface area contributed by atoms with E-state index >= 15 is 0 Å². The molecule has 0 radical (unpaired) electrons. The number of piperidine rings is 1. The van der Waals surface area contributed by atoms with Crippen molar-refractivity contribution in [2.75, 3.05) is 0 Å². The largest absolute Gasteiger partial charge is 0.342 e. The maximum Gasteiger partial charge on any atom is 0.123 e. The smallest absolute Gasteiger partial charge is 0.123 e. The minimum atomic E-state index is 0.376. The Morgan fingerprint density at radius 3 is 1.87 bits per heavy atom. The molecule has 2 aromatic heterocycles. The van der Waals surface area contributed by atoms with Crippen molar-refractivity contribution in [3.63, 3.8) is 0 Å². The highest BCUT2D eigenvalue weighted by Gasteiger charge is 2.47. The highest BCUT2D eigenvalue weighted by Crippen LogP contribution is 2.57. The average Bonchev–Trinajstić information content (AvgIpc) is 3.49. The Morgan fingerprint density at radius 2 is 1.29 bits per heavy atom. The normalized spacial score (nSPS) is 28.5. The van der Waals surface area contributed by atoms with Gasteiger partial charge in [-0.2, -0.15) is 0 Å². The first-order chi connectivity index (χ1) is 18.6. The fraction of sp³-hybridized carbons (Fsp3) is 0.394. The summed E-state index contributed by atoms with van der Waals surface area (Å²) in [7, 11) is 0. The maximum atomic E-state index is 4.73. The maximum absolute atomic E-state index is 4.73. The number of aromatic amines is 2. The van der Waals surface area contributed by atoms with Crippen LogP contribution in [-0.4, -0.2) is 26.0 Å². The molecular formula is C33H33N5. The molecule has 4 fully saturated rings. The van der Waals surface area contributed by atoms with Crippen LogP contribution < -0.4 is 5.32 Å². The van der Waals surface area contributed by atoms with E-state index in [2.05, 4.69) is 82.4 Å². The van der Waals surface area contributed by atoms with E-state index in [4.69, 9.17) is 4.98 Å². The van der Waals surface area contributed by atoms with Crippen molar-refractivity contribution >= 4 is 0 Å². The van der Waals surface area contributed by atoms with Crippen LogP contribution in [0.25, 0.3) is 22.5 Å². The number of aryl methyl sites for hydroxylation is 2. The highest BCUT2D eigenvalue weighted by molar-refractivity contribution is 5.64. The van der Waals surface area contributed by atoms with Crippen LogP contribution in [0.3, 0.4) is 0 Å². The molecule has 4 aromatic rings. The van der Waals surface area contributed by atoms with Crippen LogP contribution in [0.1, 0.15) is 78.0 Å². The topological polar surface area (TPSA) is 69.4 Å². The first kappa shape index (κ1) is 22.4. The molecule has 3 saturated carbocycles. The van der Waals surface area contributed by atoms with Gasteiger partial charge in [-0.1, -0.05) is 24.0 Å². The summed E-state index contributed by atoms with van der Waals surface area (Å²) in [4.78, 5) is 16.6. The number of hydrogen-bond acceptors (Lipinski definition) is 3. The molecule has 4 aliphatic rings. The SMILES string of the molecule is Cc1cc(-c2cnc(C3C[C@@H]4C[C@@H]4C3)[nH]2)ccc1C#Cc1ccc(-c2cnc([C@@H]3C[C@H]4C[C@H]4N3)[nH]2)cc1C. The summed E-state index contributed by atoms with van der Waals surface area (Å²) in [5.74, 6) is 12.5. The lowest BCUT2D eigenvalue weighted by Gasteiger charge is -2.09. The van der Waals surface area contributed by atoms with Gasteiger partial charge >= 0.3 is 0 Å². The molecule has 38 heavy (non-hydrogen) atoms. The van der Waals surface area contributed by atoms with Crippen LogP contribution in [0, 0.1) is 43.4 Å². The van der Waals surface area contributed by atoms with Gasteiger partial charge in [0.15, 0.2) is 0 Å². The minimum Gasteiger partial charge on any atom is -0.342 e. The number of nitrogens with one attached hydrogen (secondary N) is 3. The van der Waals surface area contributed by atoms with E-state index in [0.717, 1.165) is 57.7 Å². The molecule has 3 N–H and O–H groups in total. The Kier molecular flexibility index (Phi) is 4.97. The lowest BCUT2D eigenvalue weighted by Crippen LogP contribution is -2.18. The summed E-state index contributed by atoms with van der Waals surface area (Å²) >= 11 is 0. The van der Waals surface area contributed by atoms with Gasteiger partial charge in [0, 0.05) is 23.1 Å². The van der Waals surface area contributed by atoms with Gasteiger partial charge in [0.25, 0.3) is 0 Å². The van der Waals surface area contributed by atoms with Crippen molar-refractivity contribution in [3.8, 4) is 34.4 Å². The minimum absolute atomic E-state index is 0.376. The summed E-state index contributed by atoms with van der Waals surface area (Å²) < 4.78 is 0. The Labute approximate surface area is 223 Å². The number of H-pyrrole nitrogens is 2. The highest BCUT2D eigenvalue weighted by atomic mass is 15.1. The van der Waals surface area contributed by atoms with E-state index in [1.165, 1.54) is 54.6 Å².